The first-order chi connectivity index (χ1) is 7.87. The first kappa shape index (κ1) is 18.4. The van der Waals surface area contributed by atoms with Gasteiger partial charge in [-0.15, -0.1) is 0 Å². The van der Waals surface area contributed by atoms with E-state index in [0.717, 1.165) is 0 Å². The van der Waals surface area contributed by atoms with Gasteiger partial charge in [-0.2, -0.15) is 0 Å². The third-order valence-corrected chi connectivity index (χ3v) is 1.74. The van der Waals surface area contributed by atoms with Gasteiger partial charge in [0, 0.05) is 0 Å². The molecule has 100 valence electrons. The van der Waals surface area contributed by atoms with Crippen LogP contribution in [0.5, 0.6) is 0 Å². The minimum atomic E-state index is -0.403. The second kappa shape index (κ2) is 10.2. The van der Waals surface area contributed by atoms with E-state index in [1.54, 1.807) is 20.8 Å². The van der Waals surface area contributed by atoms with Crippen molar-refractivity contribution in [2.24, 2.45) is 0 Å². The van der Waals surface area contributed by atoms with E-state index < -0.39 is 5.60 Å². The van der Waals surface area contributed by atoms with Gasteiger partial charge in [0.05, 0.1) is 5.60 Å². The third-order valence-electron chi connectivity index (χ3n) is 1.74. The van der Waals surface area contributed by atoms with E-state index in [2.05, 4.69) is 43.0 Å². The molecular weight excluding hydrogens is 220 g/mol. The summed E-state index contributed by atoms with van der Waals surface area (Å²) in [6.45, 7) is 9.72. The molecule has 0 spiro atoms. The van der Waals surface area contributed by atoms with Crippen molar-refractivity contribution >= 4 is 0 Å². The van der Waals surface area contributed by atoms with E-state index >= 15 is 0 Å². The third kappa shape index (κ3) is 13.0. The molecule has 0 aliphatic rings. The first-order valence-electron chi connectivity index (χ1n) is 5.44. The first-order valence-corrected chi connectivity index (χ1v) is 5.44. The number of hydrogen-bond acceptors (Lipinski definition) is 4. The largest absolute Gasteiger partial charge is 0.255 e. The predicted octanol–water partition coefficient (Wildman–Crippen LogP) is 4.10. The molecule has 0 unspecified atom stereocenters. The maximum Gasteiger partial charge on any atom is 0.0949 e. The molecule has 0 fully saturated rings. The molecule has 0 aliphatic heterocycles. The van der Waals surface area contributed by atoms with Crippen LogP contribution in [-0.2, 0) is 4.89 Å². The van der Waals surface area contributed by atoms with Crippen LogP contribution in [0, 0.1) is 0 Å². The highest BCUT2D eigenvalue weighted by atomic mass is 17.1. The summed E-state index contributed by atoms with van der Waals surface area (Å²) in [4.78, 5) is 3.94. The molecule has 0 heterocycles. The predicted molar refractivity (Wildman–Crippen MR) is 69.3 cm³/mol. The molecule has 1 aromatic carbocycles. The lowest BCUT2D eigenvalue weighted by molar-refractivity contribution is -0.306. The van der Waals surface area contributed by atoms with Gasteiger partial charge < -0.3 is 0 Å². The van der Waals surface area contributed by atoms with E-state index in [1.807, 2.05) is 6.07 Å². The van der Waals surface area contributed by atoms with Gasteiger partial charge in [-0.1, -0.05) is 44.2 Å². The Balaban J connectivity index is 0. The lowest BCUT2D eigenvalue weighted by atomic mass is 10.0. The molecule has 0 atom stereocenters. The minimum absolute atomic E-state index is 0.403. The van der Waals surface area contributed by atoms with Crippen molar-refractivity contribution in [3.63, 3.8) is 0 Å². The highest BCUT2D eigenvalue weighted by Crippen LogP contribution is 2.11. The van der Waals surface area contributed by atoms with Crippen LogP contribution in [0.15, 0.2) is 30.3 Å². The normalized spacial score (nSPS) is 9.94. The Morgan fingerprint density at radius 3 is 1.53 bits per heavy atom. The van der Waals surface area contributed by atoms with Gasteiger partial charge in [-0.3, -0.25) is 15.8 Å². The van der Waals surface area contributed by atoms with Crippen molar-refractivity contribution < 1.29 is 20.7 Å². The zero-order valence-corrected chi connectivity index (χ0v) is 11.2. The van der Waals surface area contributed by atoms with Crippen LogP contribution in [0.25, 0.3) is 0 Å². The van der Waals surface area contributed by atoms with E-state index in [1.165, 1.54) is 5.56 Å². The summed E-state index contributed by atoms with van der Waals surface area (Å²) in [5.41, 5.74) is 1.01. The molecule has 4 nitrogen and oxygen atoms in total. The highest BCUT2D eigenvalue weighted by molar-refractivity contribution is 5.17. The van der Waals surface area contributed by atoms with Crippen LogP contribution in [0.1, 0.15) is 46.1 Å². The molecule has 17 heavy (non-hydrogen) atoms. The average Bonchev–Trinajstić information content (AvgIpc) is 2.33. The Morgan fingerprint density at radius 1 is 1.00 bits per heavy atom. The van der Waals surface area contributed by atoms with Gasteiger partial charge in [0.2, 0.25) is 0 Å². The summed E-state index contributed by atoms with van der Waals surface area (Å²) in [7, 11) is 0. The molecule has 1 rings (SSSR count). The van der Waals surface area contributed by atoms with Gasteiger partial charge in [0.25, 0.3) is 0 Å². The minimum Gasteiger partial charge on any atom is -0.255 e. The summed E-state index contributed by atoms with van der Waals surface area (Å²) in [5.74, 6) is 0.659. The second-order valence-electron chi connectivity index (χ2n) is 4.77. The fourth-order valence-electron chi connectivity index (χ4n) is 0.838. The quantitative estimate of drug-likeness (QED) is 0.513. The maximum atomic E-state index is 7.90. The lowest BCUT2D eigenvalue weighted by Crippen LogP contribution is -2.15. The van der Waals surface area contributed by atoms with Crippen LogP contribution >= 0.6 is 0 Å². The molecule has 4 heteroatoms. The van der Waals surface area contributed by atoms with E-state index in [0.29, 0.717) is 5.92 Å². The SMILES string of the molecule is CC(C)(C)OO.CC(C)c1ccccc1.OO. The van der Waals surface area contributed by atoms with E-state index in [4.69, 9.17) is 15.8 Å². The van der Waals surface area contributed by atoms with E-state index in [-0.39, 0.29) is 0 Å². The fourth-order valence-corrected chi connectivity index (χ4v) is 0.838. The summed E-state index contributed by atoms with van der Waals surface area (Å²) >= 11 is 0. The summed E-state index contributed by atoms with van der Waals surface area (Å²) in [5, 5.41) is 19.9. The van der Waals surface area contributed by atoms with Crippen molar-refractivity contribution in [2.45, 2.75) is 46.1 Å². The molecular formula is C13H24O4. The Morgan fingerprint density at radius 2 is 1.35 bits per heavy atom. The fraction of sp³-hybridized carbons (Fsp3) is 0.538. The van der Waals surface area contributed by atoms with Crippen LogP contribution in [0.2, 0.25) is 0 Å². The molecule has 1 aromatic rings. The summed E-state index contributed by atoms with van der Waals surface area (Å²) in [6.07, 6.45) is 0. The van der Waals surface area contributed by atoms with Crippen LogP contribution < -0.4 is 0 Å². The standard InChI is InChI=1S/C9H12.C4H10O2.H2O2/c1-8(2)9-6-4-3-5-7-9;1-4(2,3)6-5;1-2/h3-8H,1-2H3;5H,1-3H3;1-2H. The zero-order valence-electron chi connectivity index (χ0n) is 11.2. The number of hydrogen-bond donors (Lipinski definition) is 3. The Kier molecular flexibility index (Phi) is 11.1. The summed E-state index contributed by atoms with van der Waals surface area (Å²) in [6, 6.07) is 10.5. The molecule has 0 aliphatic carbocycles. The highest BCUT2D eigenvalue weighted by Gasteiger charge is 2.06. The molecule has 0 aromatic heterocycles. The van der Waals surface area contributed by atoms with Crippen molar-refractivity contribution in [1.29, 1.82) is 0 Å². The average molecular weight is 244 g/mol. The zero-order chi connectivity index (χ0) is 13.9. The van der Waals surface area contributed by atoms with E-state index in [9.17, 15) is 0 Å². The number of benzene rings is 1. The Labute approximate surface area is 103 Å². The molecule has 0 saturated heterocycles. The van der Waals surface area contributed by atoms with Gasteiger partial charge in [-0.05, 0) is 32.3 Å². The second-order valence-corrected chi connectivity index (χ2v) is 4.77. The van der Waals surface area contributed by atoms with Crippen LogP contribution in [0.4, 0.5) is 0 Å². The number of rotatable bonds is 1. The van der Waals surface area contributed by atoms with Gasteiger partial charge in [0.15, 0.2) is 0 Å². The monoisotopic (exact) mass is 244 g/mol. The molecule has 0 saturated carbocycles. The van der Waals surface area contributed by atoms with Crippen molar-refractivity contribution in [2.75, 3.05) is 0 Å². The lowest BCUT2D eigenvalue weighted by Gasteiger charge is -2.10. The maximum absolute atomic E-state index is 7.90. The van der Waals surface area contributed by atoms with Crippen LogP contribution in [-0.4, -0.2) is 21.4 Å². The molecule has 0 bridgehead atoms. The smallest absolute Gasteiger partial charge is 0.0949 e. The van der Waals surface area contributed by atoms with Gasteiger partial charge >= 0.3 is 0 Å². The van der Waals surface area contributed by atoms with Gasteiger partial charge in [-0.25, -0.2) is 4.89 Å². The van der Waals surface area contributed by atoms with Crippen molar-refractivity contribution in [3.05, 3.63) is 35.9 Å². The van der Waals surface area contributed by atoms with Crippen molar-refractivity contribution in [1.82, 2.24) is 0 Å². The van der Waals surface area contributed by atoms with Crippen molar-refractivity contribution in [3.8, 4) is 0 Å². The molecule has 0 amide bonds. The summed E-state index contributed by atoms with van der Waals surface area (Å²) < 4.78 is 0. The van der Waals surface area contributed by atoms with Crippen LogP contribution in [0.3, 0.4) is 0 Å². The Bertz CT molecular complexity index is 252. The topological polar surface area (TPSA) is 69.9 Å². The van der Waals surface area contributed by atoms with Gasteiger partial charge in [0.1, 0.15) is 0 Å². The molecule has 0 radical (unpaired) electrons. The molecule has 3 N–H and O–H groups in total. The Hall–Kier alpha value is -0.940.